The van der Waals surface area contributed by atoms with Gasteiger partial charge in [-0.2, -0.15) is 4.72 Å². The minimum atomic E-state index is -3.83. The third kappa shape index (κ3) is 4.28. The first-order valence-corrected chi connectivity index (χ1v) is 8.81. The normalized spacial score (nSPS) is 13.3. The Kier molecular flexibility index (Phi) is 6.18. The summed E-state index contributed by atoms with van der Waals surface area (Å²) in [5.41, 5.74) is 0. The largest absolute Gasteiger partial charge is 0.468 e. The van der Waals surface area contributed by atoms with Crippen LogP contribution in [0.25, 0.3) is 0 Å². The molecule has 0 radical (unpaired) electrons. The van der Waals surface area contributed by atoms with E-state index in [2.05, 4.69) is 41.3 Å². The van der Waals surface area contributed by atoms with Crippen LogP contribution in [0.2, 0.25) is 0 Å². The van der Waals surface area contributed by atoms with Gasteiger partial charge in [0.25, 0.3) is 0 Å². The van der Waals surface area contributed by atoms with E-state index in [9.17, 15) is 13.2 Å². The van der Waals surface area contributed by atoms with Crippen molar-refractivity contribution in [3.63, 3.8) is 0 Å². The van der Waals surface area contributed by atoms with E-state index in [0.717, 1.165) is 4.47 Å². The fourth-order valence-electron chi connectivity index (χ4n) is 1.51. The average molecular weight is 429 g/mol. The second kappa shape index (κ2) is 7.02. The van der Waals surface area contributed by atoms with Crippen LogP contribution in [0.4, 0.5) is 0 Å². The molecule has 0 saturated carbocycles. The Labute approximate surface area is 135 Å². The summed E-state index contributed by atoms with van der Waals surface area (Å²) in [4.78, 5) is 11.7. The Balaban J connectivity index is 3.13. The summed E-state index contributed by atoms with van der Waals surface area (Å²) in [5, 5.41) is 0. The van der Waals surface area contributed by atoms with E-state index in [0.29, 0.717) is 4.47 Å². The molecule has 0 amide bonds. The van der Waals surface area contributed by atoms with Crippen LogP contribution in [0.5, 0.6) is 0 Å². The van der Waals surface area contributed by atoms with Gasteiger partial charge in [0.05, 0.1) is 12.0 Å². The maximum absolute atomic E-state index is 12.3. The first kappa shape index (κ1) is 17.6. The number of ether oxygens (including phenoxy) is 1. The van der Waals surface area contributed by atoms with Crippen molar-refractivity contribution in [2.75, 3.05) is 7.11 Å². The zero-order chi connectivity index (χ0) is 15.5. The van der Waals surface area contributed by atoms with Gasteiger partial charge in [-0.15, -0.1) is 0 Å². The van der Waals surface area contributed by atoms with Crippen LogP contribution in [-0.4, -0.2) is 27.5 Å². The Bertz CT molecular complexity index is 601. The SMILES string of the molecule is COC(=O)C(NS(=O)(=O)c1ccc(Br)cc1Br)C(C)C. The molecule has 0 bridgehead atoms. The predicted octanol–water partition coefficient (Wildman–Crippen LogP) is 2.69. The molecule has 0 aliphatic rings. The fraction of sp³-hybridized carbons (Fsp3) is 0.417. The molecular weight excluding hydrogens is 414 g/mol. The lowest BCUT2D eigenvalue weighted by molar-refractivity contribution is -0.143. The maximum atomic E-state index is 12.3. The van der Waals surface area contributed by atoms with Gasteiger partial charge < -0.3 is 4.74 Å². The Morgan fingerprint density at radius 1 is 1.30 bits per heavy atom. The van der Waals surface area contributed by atoms with Crippen molar-refractivity contribution in [3.05, 3.63) is 27.1 Å². The molecule has 1 aromatic rings. The van der Waals surface area contributed by atoms with Gasteiger partial charge in [-0.3, -0.25) is 4.79 Å². The van der Waals surface area contributed by atoms with Gasteiger partial charge in [0, 0.05) is 8.95 Å². The number of carbonyl (C=O) groups is 1. The van der Waals surface area contributed by atoms with Crippen LogP contribution < -0.4 is 4.72 Å². The van der Waals surface area contributed by atoms with Gasteiger partial charge >= 0.3 is 5.97 Å². The van der Waals surface area contributed by atoms with Gasteiger partial charge in [0.1, 0.15) is 6.04 Å². The number of benzene rings is 1. The molecular formula is C12H15Br2NO4S. The summed E-state index contributed by atoms with van der Waals surface area (Å²) in [5.74, 6) is -0.844. The molecule has 0 saturated heterocycles. The number of nitrogens with one attached hydrogen (secondary N) is 1. The minimum absolute atomic E-state index is 0.0650. The third-order valence-electron chi connectivity index (χ3n) is 2.59. The highest BCUT2D eigenvalue weighted by molar-refractivity contribution is 9.11. The van der Waals surface area contributed by atoms with Crippen LogP contribution in [0.3, 0.4) is 0 Å². The van der Waals surface area contributed by atoms with E-state index in [1.165, 1.54) is 13.2 Å². The van der Waals surface area contributed by atoms with Crippen LogP contribution >= 0.6 is 31.9 Å². The van der Waals surface area contributed by atoms with Crippen molar-refractivity contribution in [1.82, 2.24) is 4.72 Å². The molecule has 0 spiro atoms. The zero-order valence-corrected chi connectivity index (χ0v) is 15.2. The topological polar surface area (TPSA) is 72.5 Å². The molecule has 1 rings (SSSR count). The molecule has 1 aromatic carbocycles. The van der Waals surface area contributed by atoms with Crippen molar-refractivity contribution in [1.29, 1.82) is 0 Å². The quantitative estimate of drug-likeness (QED) is 0.731. The van der Waals surface area contributed by atoms with E-state index < -0.39 is 22.0 Å². The Morgan fingerprint density at radius 2 is 1.90 bits per heavy atom. The highest BCUT2D eigenvalue weighted by atomic mass is 79.9. The van der Waals surface area contributed by atoms with Crippen molar-refractivity contribution < 1.29 is 17.9 Å². The zero-order valence-electron chi connectivity index (χ0n) is 11.2. The highest BCUT2D eigenvalue weighted by Gasteiger charge is 2.30. The number of hydrogen-bond acceptors (Lipinski definition) is 4. The number of esters is 1. The predicted molar refractivity (Wildman–Crippen MR) is 82.8 cm³/mol. The molecule has 0 heterocycles. The van der Waals surface area contributed by atoms with Gasteiger partial charge in [-0.1, -0.05) is 29.8 Å². The van der Waals surface area contributed by atoms with Crippen molar-refractivity contribution in [2.45, 2.75) is 24.8 Å². The molecule has 8 heteroatoms. The molecule has 1 unspecified atom stereocenters. The average Bonchev–Trinajstić information content (AvgIpc) is 2.34. The number of sulfonamides is 1. The second-order valence-electron chi connectivity index (χ2n) is 4.44. The van der Waals surface area contributed by atoms with E-state index in [4.69, 9.17) is 0 Å². The molecule has 1 N–H and O–H groups in total. The van der Waals surface area contributed by atoms with E-state index in [-0.39, 0.29) is 10.8 Å². The lowest BCUT2D eigenvalue weighted by Crippen LogP contribution is -2.44. The van der Waals surface area contributed by atoms with E-state index in [1.807, 2.05) is 0 Å². The smallest absolute Gasteiger partial charge is 0.324 e. The van der Waals surface area contributed by atoms with Gasteiger partial charge in [-0.25, -0.2) is 8.42 Å². The molecule has 0 aromatic heterocycles. The molecule has 5 nitrogen and oxygen atoms in total. The summed E-state index contributed by atoms with van der Waals surface area (Å²) >= 11 is 6.45. The minimum Gasteiger partial charge on any atom is -0.468 e. The van der Waals surface area contributed by atoms with E-state index in [1.54, 1.807) is 26.0 Å². The number of rotatable bonds is 5. The van der Waals surface area contributed by atoms with Gasteiger partial charge in [0.2, 0.25) is 10.0 Å². The molecule has 20 heavy (non-hydrogen) atoms. The van der Waals surface area contributed by atoms with Crippen LogP contribution in [0.1, 0.15) is 13.8 Å². The van der Waals surface area contributed by atoms with Crippen LogP contribution in [0, 0.1) is 5.92 Å². The van der Waals surface area contributed by atoms with Crippen molar-refractivity contribution >= 4 is 47.9 Å². The number of carbonyl (C=O) groups excluding carboxylic acids is 1. The third-order valence-corrected chi connectivity index (χ3v) is 5.50. The second-order valence-corrected chi connectivity index (χ2v) is 7.89. The molecule has 1 atom stereocenters. The summed E-state index contributed by atoms with van der Waals surface area (Å²) in [6.07, 6.45) is 0. The molecule has 112 valence electrons. The monoisotopic (exact) mass is 427 g/mol. The lowest BCUT2D eigenvalue weighted by atomic mass is 10.1. The fourth-order valence-corrected chi connectivity index (χ4v) is 4.59. The van der Waals surface area contributed by atoms with Crippen molar-refractivity contribution in [3.8, 4) is 0 Å². The number of halogens is 2. The molecule has 0 fully saturated rings. The highest BCUT2D eigenvalue weighted by Crippen LogP contribution is 2.26. The number of methoxy groups -OCH3 is 1. The van der Waals surface area contributed by atoms with Gasteiger partial charge in [0.15, 0.2) is 0 Å². The first-order valence-electron chi connectivity index (χ1n) is 5.74. The van der Waals surface area contributed by atoms with Crippen LogP contribution in [-0.2, 0) is 19.6 Å². The molecule has 0 aliphatic heterocycles. The van der Waals surface area contributed by atoms with Crippen LogP contribution in [0.15, 0.2) is 32.0 Å². The summed E-state index contributed by atoms with van der Waals surface area (Å²) < 4.78 is 32.8. The van der Waals surface area contributed by atoms with E-state index >= 15 is 0 Å². The summed E-state index contributed by atoms with van der Waals surface area (Å²) in [7, 11) is -2.60. The lowest BCUT2D eigenvalue weighted by Gasteiger charge is -2.20. The summed E-state index contributed by atoms with van der Waals surface area (Å²) in [6, 6.07) is 3.75. The van der Waals surface area contributed by atoms with Crippen molar-refractivity contribution in [2.24, 2.45) is 5.92 Å². The standard InChI is InChI=1S/C12H15Br2NO4S/c1-7(2)11(12(16)19-3)15-20(17,18)10-5-4-8(13)6-9(10)14/h4-7,11,15H,1-3H3. The Morgan fingerprint density at radius 3 is 2.35 bits per heavy atom. The Hall–Kier alpha value is -0.440. The number of hydrogen-bond donors (Lipinski definition) is 1. The maximum Gasteiger partial charge on any atom is 0.324 e. The molecule has 0 aliphatic carbocycles. The summed E-state index contributed by atoms with van der Waals surface area (Å²) in [6.45, 7) is 3.47. The first-order chi connectivity index (χ1) is 9.19. The van der Waals surface area contributed by atoms with Gasteiger partial charge in [-0.05, 0) is 40.0 Å².